The topological polar surface area (TPSA) is 20.3 Å². The van der Waals surface area contributed by atoms with E-state index in [4.69, 9.17) is 0 Å². The predicted molar refractivity (Wildman–Crippen MR) is 87.2 cm³/mol. The summed E-state index contributed by atoms with van der Waals surface area (Å²) in [4.78, 5) is 13.8. The molecule has 0 aromatic heterocycles. The van der Waals surface area contributed by atoms with E-state index in [1.54, 1.807) is 0 Å². The Kier molecular flexibility index (Phi) is 11.2. The van der Waals surface area contributed by atoms with E-state index in [0.717, 1.165) is 32.1 Å². The molecule has 0 saturated heterocycles. The molecule has 0 fully saturated rings. The van der Waals surface area contributed by atoms with Crippen LogP contribution in [-0.4, -0.2) is 23.4 Å². The van der Waals surface area contributed by atoms with Gasteiger partial charge < -0.3 is 4.90 Å². The van der Waals surface area contributed by atoms with Gasteiger partial charge in [-0.3, -0.25) is 4.79 Å². The highest BCUT2D eigenvalue weighted by Gasteiger charge is 2.18. The third kappa shape index (κ3) is 7.63. The third-order valence-electron chi connectivity index (χ3n) is 3.03. The van der Waals surface area contributed by atoms with E-state index in [1.165, 1.54) is 6.08 Å². The van der Waals surface area contributed by atoms with E-state index in [9.17, 15) is 4.79 Å². The second-order valence-corrected chi connectivity index (χ2v) is 4.65. The van der Waals surface area contributed by atoms with Crippen LogP contribution in [0.15, 0.2) is 38.0 Å². The maximum Gasteiger partial charge on any atom is 0.246 e. The Morgan fingerprint density at radius 2 is 1.75 bits per heavy atom. The first-order valence-corrected chi connectivity index (χ1v) is 7.31. The van der Waals surface area contributed by atoms with Crippen molar-refractivity contribution in [2.45, 2.75) is 51.5 Å². The lowest BCUT2D eigenvalue weighted by Gasteiger charge is -2.29. The predicted octanol–water partition coefficient (Wildman–Crippen LogP) is 4.11. The first kappa shape index (κ1) is 18.2. The van der Waals surface area contributed by atoms with Crippen LogP contribution in [0.2, 0.25) is 0 Å². The van der Waals surface area contributed by atoms with Gasteiger partial charge >= 0.3 is 0 Å². The fourth-order valence-electron chi connectivity index (χ4n) is 1.94. The molecule has 0 rings (SSSR count). The van der Waals surface area contributed by atoms with E-state index in [1.807, 2.05) is 17.1 Å². The first-order chi connectivity index (χ1) is 9.71. The van der Waals surface area contributed by atoms with Crippen LogP contribution in [0.5, 0.6) is 0 Å². The second kappa shape index (κ2) is 12.3. The summed E-state index contributed by atoms with van der Waals surface area (Å²) in [6, 6.07) is 0.105. The average molecular weight is 273 g/mol. The summed E-state index contributed by atoms with van der Waals surface area (Å²) in [5.41, 5.74) is 0. The van der Waals surface area contributed by atoms with Crippen LogP contribution in [0.1, 0.15) is 45.4 Å². The van der Waals surface area contributed by atoms with Crippen molar-refractivity contribution >= 4 is 5.91 Å². The summed E-state index contributed by atoms with van der Waals surface area (Å²) < 4.78 is 0. The number of unbranched alkanes of at least 4 members (excludes halogenated alkanes) is 2. The zero-order valence-corrected chi connectivity index (χ0v) is 12.7. The van der Waals surface area contributed by atoms with Crippen LogP contribution in [0.4, 0.5) is 0 Å². The third-order valence-corrected chi connectivity index (χ3v) is 3.03. The molecule has 0 aromatic carbocycles. The Morgan fingerprint density at radius 1 is 1.15 bits per heavy atom. The van der Waals surface area contributed by atoms with Gasteiger partial charge in [0, 0.05) is 25.4 Å². The fraction of sp³-hybridized carbons (Fsp3) is 0.500. The lowest BCUT2D eigenvalue weighted by Crippen LogP contribution is -2.39. The summed E-state index contributed by atoms with van der Waals surface area (Å²) >= 11 is 0. The molecule has 0 aliphatic carbocycles. The molecular weight excluding hydrogens is 246 g/mol. The van der Waals surface area contributed by atoms with Crippen molar-refractivity contribution in [3.05, 3.63) is 38.0 Å². The van der Waals surface area contributed by atoms with Crippen LogP contribution in [0.25, 0.3) is 0 Å². The van der Waals surface area contributed by atoms with Crippen LogP contribution in [-0.2, 0) is 4.79 Å². The van der Waals surface area contributed by atoms with Crippen LogP contribution >= 0.6 is 0 Å². The van der Waals surface area contributed by atoms with E-state index in [2.05, 4.69) is 38.5 Å². The smallest absolute Gasteiger partial charge is 0.246 e. The average Bonchev–Trinajstić information content (AvgIpc) is 2.46. The van der Waals surface area contributed by atoms with Gasteiger partial charge in [0.15, 0.2) is 0 Å². The van der Waals surface area contributed by atoms with Gasteiger partial charge in [-0.05, 0) is 25.3 Å². The zero-order valence-electron chi connectivity index (χ0n) is 12.7. The maximum absolute atomic E-state index is 12.0. The first-order valence-electron chi connectivity index (χ1n) is 7.31. The standard InChI is InChI=1S/C18H27NO/c1-5-9-10-11-12-13-16-19(18(20)8-4)17(14-6-2)15-7-3/h6-8,17H,2-5,9-10,13-16H2,1H3. The molecule has 20 heavy (non-hydrogen) atoms. The van der Waals surface area contributed by atoms with Crippen LogP contribution in [0.3, 0.4) is 0 Å². The molecule has 0 saturated carbocycles. The molecule has 1 amide bonds. The molecule has 0 spiro atoms. The molecular formula is C18H27NO. The highest BCUT2D eigenvalue weighted by atomic mass is 16.2. The Hall–Kier alpha value is -1.75. The summed E-state index contributed by atoms with van der Waals surface area (Å²) in [5, 5.41) is 0. The lowest BCUT2D eigenvalue weighted by atomic mass is 10.1. The van der Waals surface area contributed by atoms with Crippen molar-refractivity contribution in [2.24, 2.45) is 0 Å². The minimum Gasteiger partial charge on any atom is -0.335 e. The van der Waals surface area contributed by atoms with Crippen molar-refractivity contribution in [1.82, 2.24) is 4.90 Å². The lowest BCUT2D eigenvalue weighted by molar-refractivity contribution is -0.128. The number of amides is 1. The van der Waals surface area contributed by atoms with Gasteiger partial charge in [0.2, 0.25) is 5.91 Å². The molecule has 0 heterocycles. The summed E-state index contributed by atoms with van der Waals surface area (Å²) in [6.07, 6.45) is 10.5. The van der Waals surface area contributed by atoms with Crippen molar-refractivity contribution < 1.29 is 4.79 Å². The molecule has 110 valence electrons. The van der Waals surface area contributed by atoms with Gasteiger partial charge in [-0.25, -0.2) is 0 Å². The van der Waals surface area contributed by atoms with Crippen molar-refractivity contribution in [2.75, 3.05) is 6.54 Å². The normalized spacial score (nSPS) is 9.50. The summed E-state index contributed by atoms with van der Waals surface area (Å²) in [5.74, 6) is 6.24. The molecule has 2 nitrogen and oxygen atoms in total. The highest BCUT2D eigenvalue weighted by Crippen LogP contribution is 2.12. The molecule has 0 N–H and O–H groups in total. The fourth-order valence-corrected chi connectivity index (χ4v) is 1.94. The minimum absolute atomic E-state index is 0.0472. The molecule has 2 heteroatoms. The van der Waals surface area contributed by atoms with Gasteiger partial charge in [-0.2, -0.15) is 0 Å². The Balaban J connectivity index is 4.56. The Bertz CT molecular complexity index is 363. The summed E-state index contributed by atoms with van der Waals surface area (Å²) in [6.45, 7) is 13.9. The van der Waals surface area contributed by atoms with E-state index < -0.39 is 0 Å². The van der Waals surface area contributed by atoms with Gasteiger partial charge in [-0.15, -0.1) is 25.0 Å². The van der Waals surface area contributed by atoms with E-state index in [-0.39, 0.29) is 11.9 Å². The van der Waals surface area contributed by atoms with Crippen LogP contribution in [0, 0.1) is 11.8 Å². The zero-order chi connectivity index (χ0) is 15.2. The Morgan fingerprint density at radius 3 is 2.25 bits per heavy atom. The molecule has 0 aliphatic rings. The molecule has 0 atom stereocenters. The molecule has 0 unspecified atom stereocenters. The van der Waals surface area contributed by atoms with Gasteiger partial charge in [0.25, 0.3) is 0 Å². The highest BCUT2D eigenvalue weighted by molar-refractivity contribution is 5.87. The maximum atomic E-state index is 12.0. The van der Waals surface area contributed by atoms with Gasteiger partial charge in [-0.1, -0.05) is 32.1 Å². The van der Waals surface area contributed by atoms with Gasteiger partial charge in [0.05, 0.1) is 0 Å². The van der Waals surface area contributed by atoms with Crippen molar-refractivity contribution in [1.29, 1.82) is 0 Å². The van der Waals surface area contributed by atoms with Crippen molar-refractivity contribution in [3.63, 3.8) is 0 Å². The Labute approximate surface area is 124 Å². The number of nitrogens with zero attached hydrogens (tertiary/aromatic N) is 1. The SMILES string of the molecule is C=CCC(CC=C)N(CCC#CCCCC)C(=O)C=C. The number of carbonyl (C=O) groups excluding carboxylic acids is 1. The molecule has 0 aromatic rings. The second-order valence-electron chi connectivity index (χ2n) is 4.65. The number of hydrogen-bond donors (Lipinski definition) is 0. The monoisotopic (exact) mass is 273 g/mol. The minimum atomic E-state index is -0.0472. The number of hydrogen-bond acceptors (Lipinski definition) is 1. The van der Waals surface area contributed by atoms with Crippen molar-refractivity contribution in [3.8, 4) is 11.8 Å². The molecule has 0 aliphatic heterocycles. The summed E-state index contributed by atoms with van der Waals surface area (Å²) in [7, 11) is 0. The number of carbonyl (C=O) groups is 1. The van der Waals surface area contributed by atoms with Gasteiger partial charge in [0.1, 0.15) is 0 Å². The quantitative estimate of drug-likeness (QED) is 0.254. The van der Waals surface area contributed by atoms with E-state index in [0.29, 0.717) is 13.0 Å². The molecule has 0 bridgehead atoms. The molecule has 0 radical (unpaired) electrons. The van der Waals surface area contributed by atoms with E-state index >= 15 is 0 Å². The van der Waals surface area contributed by atoms with Crippen LogP contribution < -0.4 is 0 Å². The number of rotatable bonds is 10. The largest absolute Gasteiger partial charge is 0.335 e.